The molecule has 0 spiro atoms. The standard InChI is InChI=1S/C24H30N2O4/c1-18(20-13-7-4-8-14-20)25-22(27)16-17-23(28)26-21(24(29)30-2)15-9-12-19-10-5-3-6-11-19/h3-8,10-11,13-14,18,21H,9,12,15-17H2,1-2H3,(H,25,27)(H,26,28)/t18-,21+/m1/s1. The van der Waals surface area contributed by atoms with Crippen LogP contribution in [0.4, 0.5) is 0 Å². The van der Waals surface area contributed by atoms with Crippen LogP contribution in [0.1, 0.15) is 49.8 Å². The normalized spacial score (nSPS) is 12.5. The Bertz CT molecular complexity index is 808. The SMILES string of the molecule is COC(=O)[C@H](CCCc1ccccc1)NC(=O)CCC(=O)N[C@H](C)c1ccccc1. The van der Waals surface area contributed by atoms with E-state index in [1.54, 1.807) is 0 Å². The van der Waals surface area contributed by atoms with Gasteiger partial charge in [0, 0.05) is 12.8 Å². The second-order valence-electron chi connectivity index (χ2n) is 7.22. The molecule has 0 saturated heterocycles. The van der Waals surface area contributed by atoms with E-state index in [4.69, 9.17) is 4.74 Å². The fourth-order valence-corrected chi connectivity index (χ4v) is 3.18. The van der Waals surface area contributed by atoms with Crippen LogP contribution in [0.2, 0.25) is 0 Å². The molecule has 2 atom stereocenters. The molecule has 6 nitrogen and oxygen atoms in total. The average Bonchev–Trinajstić information content (AvgIpc) is 2.77. The van der Waals surface area contributed by atoms with Crippen molar-refractivity contribution in [2.45, 2.75) is 51.1 Å². The van der Waals surface area contributed by atoms with E-state index in [9.17, 15) is 14.4 Å². The molecule has 0 heterocycles. The topological polar surface area (TPSA) is 84.5 Å². The summed E-state index contributed by atoms with van der Waals surface area (Å²) in [4.78, 5) is 36.4. The molecule has 0 bridgehead atoms. The van der Waals surface area contributed by atoms with Gasteiger partial charge in [0.25, 0.3) is 0 Å². The highest BCUT2D eigenvalue weighted by Crippen LogP contribution is 2.12. The van der Waals surface area contributed by atoms with Crippen LogP contribution in [0.15, 0.2) is 60.7 Å². The summed E-state index contributed by atoms with van der Waals surface area (Å²) in [5.41, 5.74) is 2.18. The Labute approximate surface area is 178 Å². The molecule has 2 aromatic carbocycles. The van der Waals surface area contributed by atoms with Crippen LogP contribution >= 0.6 is 0 Å². The first-order valence-corrected chi connectivity index (χ1v) is 10.2. The van der Waals surface area contributed by atoms with Crippen molar-refractivity contribution in [3.63, 3.8) is 0 Å². The summed E-state index contributed by atoms with van der Waals surface area (Å²) in [5, 5.41) is 5.58. The van der Waals surface area contributed by atoms with E-state index in [-0.39, 0.29) is 30.7 Å². The molecule has 0 aromatic heterocycles. The van der Waals surface area contributed by atoms with Gasteiger partial charge >= 0.3 is 5.97 Å². The Morgan fingerprint density at radius 2 is 1.43 bits per heavy atom. The lowest BCUT2D eigenvalue weighted by Gasteiger charge is -2.17. The van der Waals surface area contributed by atoms with Crippen molar-refractivity contribution in [1.29, 1.82) is 0 Å². The molecule has 0 fully saturated rings. The largest absolute Gasteiger partial charge is 0.467 e. The maximum atomic E-state index is 12.3. The summed E-state index contributed by atoms with van der Waals surface area (Å²) in [7, 11) is 1.30. The minimum absolute atomic E-state index is 0.0134. The summed E-state index contributed by atoms with van der Waals surface area (Å²) < 4.78 is 4.81. The summed E-state index contributed by atoms with van der Waals surface area (Å²) in [5.74, 6) is -1.02. The van der Waals surface area contributed by atoms with Crippen LogP contribution in [-0.4, -0.2) is 30.9 Å². The third kappa shape index (κ3) is 8.07. The number of rotatable bonds is 11. The number of benzene rings is 2. The van der Waals surface area contributed by atoms with E-state index in [0.29, 0.717) is 6.42 Å². The van der Waals surface area contributed by atoms with Crippen LogP contribution in [0.3, 0.4) is 0 Å². The predicted octanol–water partition coefficient (Wildman–Crippen LogP) is 3.32. The van der Waals surface area contributed by atoms with Gasteiger partial charge < -0.3 is 15.4 Å². The van der Waals surface area contributed by atoms with Gasteiger partial charge in [0.05, 0.1) is 13.2 Å². The van der Waals surface area contributed by atoms with Crippen LogP contribution in [-0.2, 0) is 25.5 Å². The van der Waals surface area contributed by atoms with Gasteiger partial charge in [-0.15, -0.1) is 0 Å². The summed E-state index contributed by atoms with van der Waals surface area (Å²) in [6.45, 7) is 1.90. The predicted molar refractivity (Wildman–Crippen MR) is 116 cm³/mol. The molecule has 6 heteroatoms. The summed E-state index contributed by atoms with van der Waals surface area (Å²) in [6.07, 6.45) is 2.09. The third-order valence-corrected chi connectivity index (χ3v) is 4.88. The smallest absolute Gasteiger partial charge is 0.328 e. The van der Waals surface area contributed by atoms with Crippen LogP contribution < -0.4 is 10.6 Å². The Balaban J connectivity index is 1.76. The first-order chi connectivity index (χ1) is 14.5. The van der Waals surface area contributed by atoms with E-state index >= 15 is 0 Å². The molecular weight excluding hydrogens is 380 g/mol. The van der Waals surface area contributed by atoms with Gasteiger partial charge in [0.1, 0.15) is 6.04 Å². The molecule has 30 heavy (non-hydrogen) atoms. The van der Waals surface area contributed by atoms with Crippen LogP contribution in [0.25, 0.3) is 0 Å². The highest BCUT2D eigenvalue weighted by molar-refractivity contribution is 5.87. The first-order valence-electron chi connectivity index (χ1n) is 10.2. The Morgan fingerprint density at radius 1 is 0.867 bits per heavy atom. The highest BCUT2D eigenvalue weighted by Gasteiger charge is 2.21. The molecular formula is C24H30N2O4. The Kier molecular flexibility index (Phi) is 9.58. The third-order valence-electron chi connectivity index (χ3n) is 4.88. The van der Waals surface area contributed by atoms with Gasteiger partial charge in [-0.2, -0.15) is 0 Å². The lowest BCUT2D eigenvalue weighted by Crippen LogP contribution is -2.42. The lowest BCUT2D eigenvalue weighted by molar-refractivity contribution is -0.145. The summed E-state index contributed by atoms with van der Waals surface area (Å²) >= 11 is 0. The van der Waals surface area contributed by atoms with Crippen molar-refractivity contribution in [3.8, 4) is 0 Å². The molecule has 160 valence electrons. The lowest BCUT2D eigenvalue weighted by atomic mass is 10.0. The number of ether oxygens (including phenoxy) is 1. The van der Waals surface area contributed by atoms with Gasteiger partial charge in [0.15, 0.2) is 0 Å². The zero-order chi connectivity index (χ0) is 21.8. The van der Waals surface area contributed by atoms with E-state index in [1.807, 2.05) is 67.6 Å². The van der Waals surface area contributed by atoms with E-state index < -0.39 is 12.0 Å². The van der Waals surface area contributed by atoms with E-state index in [0.717, 1.165) is 18.4 Å². The van der Waals surface area contributed by atoms with E-state index in [1.165, 1.54) is 12.7 Å². The molecule has 2 amide bonds. The Hall–Kier alpha value is -3.15. The number of hydrogen-bond donors (Lipinski definition) is 2. The number of amides is 2. The van der Waals surface area contributed by atoms with E-state index in [2.05, 4.69) is 10.6 Å². The van der Waals surface area contributed by atoms with Gasteiger partial charge in [-0.1, -0.05) is 60.7 Å². The molecule has 0 aliphatic heterocycles. The van der Waals surface area contributed by atoms with Crippen molar-refractivity contribution < 1.29 is 19.1 Å². The van der Waals surface area contributed by atoms with Crippen molar-refractivity contribution in [2.75, 3.05) is 7.11 Å². The molecule has 0 aliphatic rings. The average molecular weight is 411 g/mol. The van der Waals surface area contributed by atoms with Crippen molar-refractivity contribution >= 4 is 17.8 Å². The van der Waals surface area contributed by atoms with Gasteiger partial charge in [-0.25, -0.2) is 4.79 Å². The molecule has 2 aromatic rings. The molecule has 2 rings (SSSR count). The quantitative estimate of drug-likeness (QED) is 0.557. The second-order valence-corrected chi connectivity index (χ2v) is 7.22. The number of esters is 1. The minimum atomic E-state index is -0.711. The van der Waals surface area contributed by atoms with Gasteiger partial charge in [-0.3, -0.25) is 9.59 Å². The minimum Gasteiger partial charge on any atom is -0.467 e. The number of methoxy groups -OCH3 is 1. The monoisotopic (exact) mass is 410 g/mol. The van der Waals surface area contributed by atoms with Crippen LogP contribution in [0, 0.1) is 0 Å². The molecule has 2 N–H and O–H groups in total. The van der Waals surface area contributed by atoms with Crippen molar-refractivity contribution in [2.24, 2.45) is 0 Å². The maximum Gasteiger partial charge on any atom is 0.328 e. The number of carbonyl (C=O) groups excluding carboxylic acids is 3. The fraction of sp³-hybridized carbons (Fsp3) is 0.375. The number of hydrogen-bond acceptors (Lipinski definition) is 4. The molecule has 0 radical (unpaired) electrons. The number of carbonyl (C=O) groups is 3. The van der Waals surface area contributed by atoms with Crippen LogP contribution in [0.5, 0.6) is 0 Å². The maximum absolute atomic E-state index is 12.3. The zero-order valence-electron chi connectivity index (χ0n) is 17.6. The second kappa shape index (κ2) is 12.4. The number of nitrogens with one attached hydrogen (secondary N) is 2. The Morgan fingerprint density at radius 3 is 2.03 bits per heavy atom. The van der Waals surface area contributed by atoms with Crippen molar-refractivity contribution in [3.05, 3.63) is 71.8 Å². The number of aryl methyl sites for hydroxylation is 1. The fourth-order valence-electron chi connectivity index (χ4n) is 3.18. The van der Waals surface area contributed by atoms with Crippen molar-refractivity contribution in [1.82, 2.24) is 10.6 Å². The first kappa shape index (κ1) is 23.1. The summed E-state index contributed by atoms with van der Waals surface area (Å²) in [6, 6.07) is 18.7. The molecule has 0 aliphatic carbocycles. The highest BCUT2D eigenvalue weighted by atomic mass is 16.5. The molecule has 0 unspecified atom stereocenters. The van der Waals surface area contributed by atoms with Gasteiger partial charge in [-0.05, 0) is 37.3 Å². The van der Waals surface area contributed by atoms with Gasteiger partial charge in [0.2, 0.25) is 11.8 Å². The zero-order valence-corrected chi connectivity index (χ0v) is 17.6. The molecule has 0 saturated carbocycles.